The molecule has 0 radical (unpaired) electrons. The van der Waals surface area contributed by atoms with Gasteiger partial charge in [-0.3, -0.25) is 4.79 Å². The van der Waals surface area contributed by atoms with E-state index in [-0.39, 0.29) is 0 Å². The molecule has 0 bridgehead atoms. The van der Waals surface area contributed by atoms with Crippen molar-refractivity contribution in [3.63, 3.8) is 0 Å². The van der Waals surface area contributed by atoms with Gasteiger partial charge in [0, 0.05) is 23.1 Å². The number of carbonyl (C=O) groups excluding carboxylic acids is 1. The summed E-state index contributed by atoms with van der Waals surface area (Å²) in [5, 5.41) is 10.1. The quantitative estimate of drug-likeness (QED) is 0.321. The SMILES string of the molecule is CCn1c(SC(C(N)=O)c2ccccc2)nnc1-c1cc(-c2ccccc2)nc2ccccc12. The second kappa shape index (κ2) is 9.49. The summed E-state index contributed by atoms with van der Waals surface area (Å²) in [5.41, 5.74) is 10.3. The highest BCUT2D eigenvalue weighted by molar-refractivity contribution is 8.00. The Morgan fingerprint density at radius 2 is 1.62 bits per heavy atom. The van der Waals surface area contributed by atoms with Gasteiger partial charge in [-0.15, -0.1) is 10.2 Å². The molecule has 6 nitrogen and oxygen atoms in total. The molecule has 2 heterocycles. The molecule has 0 saturated heterocycles. The molecule has 7 heteroatoms. The van der Waals surface area contributed by atoms with E-state index < -0.39 is 11.2 Å². The third kappa shape index (κ3) is 4.18. The maximum absolute atomic E-state index is 12.3. The lowest BCUT2D eigenvalue weighted by Gasteiger charge is -2.15. The summed E-state index contributed by atoms with van der Waals surface area (Å²) in [5.74, 6) is 0.321. The molecule has 1 amide bonds. The van der Waals surface area contributed by atoms with Crippen LogP contribution in [0, 0.1) is 0 Å². The molecule has 0 spiro atoms. The highest BCUT2D eigenvalue weighted by Gasteiger charge is 2.24. The van der Waals surface area contributed by atoms with E-state index in [4.69, 9.17) is 10.7 Å². The van der Waals surface area contributed by atoms with E-state index in [1.807, 2.05) is 96.4 Å². The van der Waals surface area contributed by atoms with E-state index >= 15 is 0 Å². The highest BCUT2D eigenvalue weighted by Crippen LogP contribution is 2.37. The number of fused-ring (bicyclic) bond motifs is 1. The normalized spacial score (nSPS) is 12.0. The van der Waals surface area contributed by atoms with Gasteiger partial charge in [0.2, 0.25) is 5.91 Å². The Balaban J connectivity index is 1.63. The fourth-order valence-electron chi connectivity index (χ4n) is 4.00. The van der Waals surface area contributed by atoms with E-state index in [9.17, 15) is 4.79 Å². The van der Waals surface area contributed by atoms with Crippen LogP contribution < -0.4 is 5.73 Å². The average Bonchev–Trinajstić information content (AvgIpc) is 3.30. The highest BCUT2D eigenvalue weighted by atomic mass is 32.2. The fraction of sp³-hybridized carbons (Fsp3) is 0.111. The van der Waals surface area contributed by atoms with Gasteiger partial charge in [-0.1, -0.05) is 90.6 Å². The number of rotatable bonds is 7. The van der Waals surface area contributed by atoms with Crippen molar-refractivity contribution in [2.45, 2.75) is 23.9 Å². The summed E-state index contributed by atoms with van der Waals surface area (Å²) < 4.78 is 2.03. The van der Waals surface area contributed by atoms with Crippen LogP contribution in [0.4, 0.5) is 0 Å². The molecule has 3 aromatic carbocycles. The first-order valence-corrected chi connectivity index (χ1v) is 11.9. The molecule has 2 aromatic heterocycles. The van der Waals surface area contributed by atoms with Crippen LogP contribution in [0.15, 0.2) is 96.2 Å². The van der Waals surface area contributed by atoms with Crippen LogP contribution in [0.25, 0.3) is 33.5 Å². The van der Waals surface area contributed by atoms with Crippen LogP contribution in [-0.2, 0) is 11.3 Å². The van der Waals surface area contributed by atoms with Gasteiger partial charge in [0.25, 0.3) is 0 Å². The Bertz CT molecular complexity index is 1450. The first-order chi connectivity index (χ1) is 16.7. The summed E-state index contributed by atoms with van der Waals surface area (Å²) in [6.45, 7) is 2.68. The topological polar surface area (TPSA) is 86.7 Å². The van der Waals surface area contributed by atoms with E-state index in [1.54, 1.807) is 0 Å². The molecule has 34 heavy (non-hydrogen) atoms. The lowest BCUT2D eigenvalue weighted by atomic mass is 10.0. The van der Waals surface area contributed by atoms with Crippen molar-refractivity contribution < 1.29 is 4.79 Å². The van der Waals surface area contributed by atoms with E-state index in [0.717, 1.165) is 39.1 Å². The van der Waals surface area contributed by atoms with Crippen molar-refractivity contribution in [3.8, 4) is 22.6 Å². The maximum atomic E-state index is 12.3. The van der Waals surface area contributed by atoms with Crippen LogP contribution in [0.1, 0.15) is 17.7 Å². The summed E-state index contributed by atoms with van der Waals surface area (Å²) in [6, 6.07) is 29.7. The largest absolute Gasteiger partial charge is 0.368 e. The summed E-state index contributed by atoms with van der Waals surface area (Å²) in [6.07, 6.45) is 0. The molecule has 0 fully saturated rings. The zero-order chi connectivity index (χ0) is 23.5. The Morgan fingerprint density at radius 1 is 0.941 bits per heavy atom. The Labute approximate surface area is 201 Å². The van der Waals surface area contributed by atoms with Gasteiger partial charge >= 0.3 is 0 Å². The molecule has 0 aliphatic heterocycles. The van der Waals surface area contributed by atoms with Crippen LogP contribution in [-0.4, -0.2) is 25.7 Å². The molecule has 0 aliphatic rings. The standard InChI is InChI=1S/C27H23N5OS/c1-2-32-26(30-31-27(32)34-24(25(28)33)19-13-7-4-8-14-19)21-17-23(18-11-5-3-6-12-18)29-22-16-10-9-15-20(21)22/h3-17,24H,2H2,1H3,(H2,28,33). The predicted molar refractivity (Wildman–Crippen MR) is 136 cm³/mol. The third-order valence-corrected chi connectivity index (χ3v) is 6.90. The zero-order valence-electron chi connectivity index (χ0n) is 18.6. The number of para-hydroxylation sites is 1. The number of primary amides is 1. The predicted octanol–water partition coefficient (Wildman–Crippen LogP) is 5.50. The van der Waals surface area contributed by atoms with Gasteiger partial charge in [0.1, 0.15) is 5.25 Å². The molecule has 2 N–H and O–H groups in total. The lowest BCUT2D eigenvalue weighted by Crippen LogP contribution is -2.19. The molecule has 5 rings (SSSR count). The number of hydrogen-bond donors (Lipinski definition) is 1. The number of hydrogen-bond acceptors (Lipinski definition) is 5. The second-order valence-corrected chi connectivity index (χ2v) is 8.87. The zero-order valence-corrected chi connectivity index (χ0v) is 19.4. The van der Waals surface area contributed by atoms with Gasteiger partial charge in [-0.2, -0.15) is 0 Å². The summed E-state index contributed by atoms with van der Waals surface area (Å²) in [7, 11) is 0. The monoisotopic (exact) mass is 465 g/mol. The van der Waals surface area contributed by atoms with E-state index in [1.165, 1.54) is 11.8 Å². The fourth-order valence-corrected chi connectivity index (χ4v) is 5.05. The minimum absolute atomic E-state index is 0.413. The minimum atomic E-state index is -0.558. The van der Waals surface area contributed by atoms with Crippen LogP contribution in [0.2, 0.25) is 0 Å². The van der Waals surface area contributed by atoms with Gasteiger partial charge in [-0.05, 0) is 24.6 Å². The van der Waals surface area contributed by atoms with Crippen molar-refractivity contribution in [3.05, 3.63) is 96.6 Å². The molecular weight excluding hydrogens is 442 g/mol. The number of amides is 1. The maximum Gasteiger partial charge on any atom is 0.235 e. The number of nitrogens with two attached hydrogens (primary N) is 1. The molecule has 168 valence electrons. The van der Waals surface area contributed by atoms with Crippen molar-refractivity contribution in [1.29, 1.82) is 0 Å². The molecule has 0 aliphatic carbocycles. The van der Waals surface area contributed by atoms with Crippen molar-refractivity contribution in [1.82, 2.24) is 19.7 Å². The smallest absolute Gasteiger partial charge is 0.235 e. The Morgan fingerprint density at radius 3 is 2.32 bits per heavy atom. The number of nitrogens with zero attached hydrogens (tertiary/aromatic N) is 4. The number of benzene rings is 3. The van der Waals surface area contributed by atoms with Gasteiger partial charge < -0.3 is 10.3 Å². The Hall–Kier alpha value is -3.97. The number of aromatic nitrogens is 4. The second-order valence-electron chi connectivity index (χ2n) is 7.80. The van der Waals surface area contributed by atoms with Gasteiger partial charge in [0.15, 0.2) is 11.0 Å². The molecule has 0 saturated carbocycles. The molecular formula is C27H23N5OS. The summed E-state index contributed by atoms with van der Waals surface area (Å²) >= 11 is 1.32. The Kier molecular flexibility index (Phi) is 6.10. The van der Waals surface area contributed by atoms with Crippen LogP contribution >= 0.6 is 11.8 Å². The number of thioether (sulfide) groups is 1. The van der Waals surface area contributed by atoms with Gasteiger partial charge in [0.05, 0.1) is 11.2 Å². The molecule has 1 unspecified atom stereocenters. The van der Waals surface area contributed by atoms with Crippen molar-refractivity contribution >= 4 is 28.6 Å². The van der Waals surface area contributed by atoms with E-state index in [2.05, 4.69) is 16.3 Å². The lowest BCUT2D eigenvalue weighted by molar-refractivity contribution is -0.117. The first-order valence-electron chi connectivity index (χ1n) is 11.1. The van der Waals surface area contributed by atoms with Crippen molar-refractivity contribution in [2.75, 3.05) is 0 Å². The molecule has 5 aromatic rings. The number of pyridine rings is 1. The van der Waals surface area contributed by atoms with E-state index in [0.29, 0.717) is 11.7 Å². The first kappa shape index (κ1) is 21.9. The van der Waals surface area contributed by atoms with Crippen LogP contribution in [0.3, 0.4) is 0 Å². The van der Waals surface area contributed by atoms with Crippen LogP contribution in [0.5, 0.6) is 0 Å². The summed E-state index contributed by atoms with van der Waals surface area (Å²) in [4.78, 5) is 17.2. The minimum Gasteiger partial charge on any atom is -0.368 e. The van der Waals surface area contributed by atoms with Gasteiger partial charge in [-0.25, -0.2) is 4.98 Å². The number of carbonyl (C=O) groups is 1. The third-order valence-electron chi connectivity index (χ3n) is 5.64. The molecule has 1 atom stereocenters. The average molecular weight is 466 g/mol. The van der Waals surface area contributed by atoms with Crippen molar-refractivity contribution in [2.24, 2.45) is 5.73 Å².